The molecule has 1 fully saturated rings. The quantitative estimate of drug-likeness (QED) is 0.201. The number of methoxy groups -OCH3 is 1. The number of pyridine rings is 1. The van der Waals surface area contributed by atoms with Crippen LogP contribution in [0, 0.1) is 17.6 Å². The van der Waals surface area contributed by atoms with Crippen LogP contribution in [-0.4, -0.2) is 53.9 Å². The Morgan fingerprint density at radius 3 is 2.53 bits per heavy atom. The van der Waals surface area contributed by atoms with Gasteiger partial charge in [0.1, 0.15) is 17.1 Å². The molecule has 3 aromatic heterocycles. The summed E-state index contributed by atoms with van der Waals surface area (Å²) in [6.45, 7) is 11.8. The second kappa shape index (κ2) is 11.9. The van der Waals surface area contributed by atoms with Crippen molar-refractivity contribution in [1.82, 2.24) is 19.8 Å². The van der Waals surface area contributed by atoms with Gasteiger partial charge in [0.05, 0.1) is 24.8 Å². The third-order valence-electron chi connectivity index (χ3n) is 8.55. The summed E-state index contributed by atoms with van der Waals surface area (Å²) in [5.41, 5.74) is 5.59. The molecule has 230 valence electrons. The lowest BCUT2D eigenvalue weighted by Gasteiger charge is -2.41. The number of benzene rings is 1. The number of amides is 1. The lowest BCUT2D eigenvalue weighted by Crippen LogP contribution is -2.44. The monoisotopic (exact) mass is 629 g/mol. The summed E-state index contributed by atoms with van der Waals surface area (Å²) < 4.78 is 49.5. The molecule has 0 spiro atoms. The van der Waals surface area contributed by atoms with Crippen LogP contribution in [0.15, 0.2) is 30.5 Å². The standard InChI is InChI=1S/C30H37F2N5O4SSi/c1-30(2,3)43(5,6)41-18-12-10-17(11-13-18)16-40-29-35-34-28(42-29)26-25(32)22-14-19(27(33)38)20(15-37(22)36-26)24-21(31)8-7-9-23(24)39-4/h7-9,14-15,17-18H,10-13,16H2,1-6H3,(H2,33,38). The first-order valence-corrected chi connectivity index (χ1v) is 18.0. The van der Waals surface area contributed by atoms with E-state index in [-0.39, 0.29) is 43.7 Å². The molecule has 1 aliphatic rings. The van der Waals surface area contributed by atoms with E-state index in [2.05, 4.69) is 49.2 Å². The Balaban J connectivity index is 1.31. The molecule has 1 saturated carbocycles. The molecule has 1 aliphatic carbocycles. The molecule has 1 amide bonds. The van der Waals surface area contributed by atoms with E-state index in [4.69, 9.17) is 19.6 Å². The zero-order valence-corrected chi connectivity index (χ0v) is 27.1. The maximum Gasteiger partial charge on any atom is 0.294 e. The molecular weight excluding hydrogens is 593 g/mol. The van der Waals surface area contributed by atoms with E-state index in [0.29, 0.717) is 23.8 Å². The number of carbonyl (C=O) groups excluding carboxylic acids is 1. The van der Waals surface area contributed by atoms with Crippen LogP contribution in [0.5, 0.6) is 10.9 Å². The van der Waals surface area contributed by atoms with Crippen molar-refractivity contribution in [3.63, 3.8) is 0 Å². The smallest absolute Gasteiger partial charge is 0.294 e. The van der Waals surface area contributed by atoms with Crippen LogP contribution in [-0.2, 0) is 4.43 Å². The number of nitrogens with two attached hydrogens (primary N) is 1. The van der Waals surface area contributed by atoms with Crippen LogP contribution in [0.1, 0.15) is 56.8 Å². The van der Waals surface area contributed by atoms with Crippen molar-refractivity contribution in [3.05, 3.63) is 47.7 Å². The lowest BCUT2D eigenvalue weighted by molar-refractivity contribution is 0.0983. The highest BCUT2D eigenvalue weighted by atomic mass is 32.1. The maximum atomic E-state index is 15.6. The van der Waals surface area contributed by atoms with Crippen LogP contribution in [0.3, 0.4) is 0 Å². The highest BCUT2D eigenvalue weighted by Gasteiger charge is 2.40. The number of nitrogens with zero attached hydrogens (tertiary/aromatic N) is 4. The Morgan fingerprint density at radius 1 is 1.16 bits per heavy atom. The van der Waals surface area contributed by atoms with Gasteiger partial charge in [0, 0.05) is 17.9 Å². The van der Waals surface area contributed by atoms with Crippen LogP contribution < -0.4 is 15.2 Å². The van der Waals surface area contributed by atoms with Gasteiger partial charge in [0.2, 0.25) is 5.91 Å². The van der Waals surface area contributed by atoms with E-state index in [1.165, 1.54) is 36.0 Å². The van der Waals surface area contributed by atoms with Crippen molar-refractivity contribution in [3.8, 4) is 32.8 Å². The summed E-state index contributed by atoms with van der Waals surface area (Å²) in [7, 11) is -0.414. The molecule has 0 radical (unpaired) electrons. The summed E-state index contributed by atoms with van der Waals surface area (Å²) in [5.74, 6) is -1.62. The van der Waals surface area contributed by atoms with Gasteiger partial charge in [-0.15, -0.1) is 5.10 Å². The highest BCUT2D eigenvalue weighted by molar-refractivity contribution is 7.16. The first-order chi connectivity index (χ1) is 20.3. The summed E-state index contributed by atoms with van der Waals surface area (Å²) in [4.78, 5) is 12.3. The molecule has 3 heterocycles. The van der Waals surface area contributed by atoms with E-state index in [1.54, 1.807) is 6.07 Å². The SMILES string of the molecule is COc1cccc(F)c1-c1cn2nc(-c3nnc(OCC4CCC(O[Si](C)(C)C(C)(C)C)CC4)s3)c(F)c2cc1C(N)=O. The summed E-state index contributed by atoms with van der Waals surface area (Å²) in [6.07, 6.45) is 5.66. The molecule has 0 aliphatic heterocycles. The minimum atomic E-state index is -1.80. The Bertz CT molecular complexity index is 1640. The van der Waals surface area contributed by atoms with Gasteiger partial charge in [-0.3, -0.25) is 4.79 Å². The molecule has 1 aromatic carbocycles. The molecule has 43 heavy (non-hydrogen) atoms. The average Bonchev–Trinajstić information content (AvgIpc) is 3.55. The minimum absolute atomic E-state index is 0.0165. The largest absolute Gasteiger partial charge is 0.496 e. The van der Waals surface area contributed by atoms with Crippen molar-refractivity contribution in [2.75, 3.05) is 13.7 Å². The average molecular weight is 630 g/mol. The number of carbonyl (C=O) groups is 1. The maximum absolute atomic E-state index is 15.6. The zero-order valence-electron chi connectivity index (χ0n) is 25.2. The van der Waals surface area contributed by atoms with Crippen LogP contribution >= 0.6 is 11.3 Å². The summed E-state index contributed by atoms with van der Waals surface area (Å²) in [6, 6.07) is 5.52. The molecule has 4 aromatic rings. The van der Waals surface area contributed by atoms with Gasteiger partial charge in [0.25, 0.3) is 5.19 Å². The number of rotatable bonds is 9. The minimum Gasteiger partial charge on any atom is -0.496 e. The number of fused-ring (bicyclic) bond motifs is 1. The molecule has 13 heteroatoms. The second-order valence-electron chi connectivity index (χ2n) is 12.5. The molecule has 0 unspecified atom stereocenters. The van der Waals surface area contributed by atoms with E-state index >= 15 is 4.39 Å². The normalized spacial score (nSPS) is 17.8. The predicted molar refractivity (Wildman–Crippen MR) is 164 cm³/mol. The van der Waals surface area contributed by atoms with Crippen molar-refractivity contribution in [1.29, 1.82) is 0 Å². The van der Waals surface area contributed by atoms with Crippen molar-refractivity contribution >= 4 is 31.1 Å². The van der Waals surface area contributed by atoms with E-state index in [1.807, 2.05) is 0 Å². The number of hydrogen-bond donors (Lipinski definition) is 1. The van der Waals surface area contributed by atoms with Gasteiger partial charge >= 0.3 is 0 Å². The Hall–Kier alpha value is -3.42. The number of primary amides is 1. The first-order valence-electron chi connectivity index (χ1n) is 14.3. The third-order valence-corrected chi connectivity index (χ3v) is 13.9. The third kappa shape index (κ3) is 6.29. The van der Waals surface area contributed by atoms with Crippen LogP contribution in [0.25, 0.3) is 27.3 Å². The molecule has 0 saturated heterocycles. The molecule has 2 N–H and O–H groups in total. The Morgan fingerprint density at radius 2 is 1.88 bits per heavy atom. The molecule has 5 rings (SSSR count). The number of ether oxygens (including phenoxy) is 2. The Labute approximate surface area is 254 Å². The fraction of sp³-hybridized carbons (Fsp3) is 0.467. The van der Waals surface area contributed by atoms with Gasteiger partial charge in [-0.05, 0) is 67.9 Å². The fourth-order valence-corrected chi connectivity index (χ4v) is 7.21. The molecule has 0 bridgehead atoms. The Kier molecular flexibility index (Phi) is 8.60. The number of hydrogen-bond acceptors (Lipinski definition) is 8. The van der Waals surface area contributed by atoms with Gasteiger partial charge in [0.15, 0.2) is 24.8 Å². The molecular formula is C30H37F2N5O4SSi. The summed E-state index contributed by atoms with van der Waals surface area (Å²) >= 11 is 1.08. The lowest BCUT2D eigenvalue weighted by atomic mass is 9.88. The fourth-order valence-electron chi connectivity index (χ4n) is 5.10. The van der Waals surface area contributed by atoms with E-state index in [0.717, 1.165) is 37.0 Å². The van der Waals surface area contributed by atoms with Crippen LogP contribution in [0.4, 0.5) is 8.78 Å². The zero-order chi connectivity index (χ0) is 31.1. The second-order valence-corrected chi connectivity index (χ2v) is 18.2. The number of halogens is 2. The summed E-state index contributed by atoms with van der Waals surface area (Å²) in [5, 5.41) is 13.3. The number of aromatic nitrogens is 4. The van der Waals surface area contributed by atoms with Crippen molar-refractivity contribution < 1.29 is 27.5 Å². The topological polar surface area (TPSA) is 114 Å². The van der Waals surface area contributed by atoms with Gasteiger partial charge in [-0.25, -0.2) is 13.3 Å². The van der Waals surface area contributed by atoms with Gasteiger partial charge < -0.3 is 19.6 Å². The molecule has 9 nitrogen and oxygen atoms in total. The van der Waals surface area contributed by atoms with Crippen molar-refractivity contribution in [2.24, 2.45) is 11.7 Å². The van der Waals surface area contributed by atoms with E-state index in [9.17, 15) is 9.18 Å². The van der Waals surface area contributed by atoms with Gasteiger partial charge in [-0.2, -0.15) is 5.10 Å². The first kappa shape index (κ1) is 31.0. The predicted octanol–water partition coefficient (Wildman–Crippen LogP) is 6.86. The van der Waals surface area contributed by atoms with Crippen molar-refractivity contribution in [2.45, 2.75) is 70.7 Å². The van der Waals surface area contributed by atoms with E-state index < -0.39 is 25.9 Å². The molecule has 0 atom stereocenters. The van der Waals surface area contributed by atoms with Crippen LogP contribution in [0.2, 0.25) is 18.1 Å². The highest BCUT2D eigenvalue weighted by Crippen LogP contribution is 2.40. The van der Waals surface area contributed by atoms with Gasteiger partial charge in [-0.1, -0.05) is 43.3 Å².